The van der Waals surface area contributed by atoms with E-state index < -0.39 is 0 Å². The van der Waals surface area contributed by atoms with Crippen LogP contribution in [0.1, 0.15) is 21.6 Å². The minimum absolute atomic E-state index is 0.143. The average molecular weight is 462 g/mol. The summed E-state index contributed by atoms with van der Waals surface area (Å²) in [5.74, 6) is -0.674. The zero-order valence-corrected chi connectivity index (χ0v) is 17.6. The van der Waals surface area contributed by atoms with Gasteiger partial charge in [-0.1, -0.05) is 33.6 Å². The Bertz CT molecular complexity index is 1050. The second-order valence-electron chi connectivity index (χ2n) is 6.23. The van der Waals surface area contributed by atoms with E-state index in [2.05, 4.69) is 31.7 Å². The first-order valence-electron chi connectivity index (χ1n) is 8.50. The molecule has 0 spiro atoms. The number of aromatic nitrogens is 2. The van der Waals surface area contributed by atoms with Crippen molar-refractivity contribution in [2.75, 3.05) is 11.9 Å². The molecule has 144 valence electrons. The monoisotopic (exact) mass is 460 g/mol. The third kappa shape index (κ3) is 4.61. The predicted molar refractivity (Wildman–Crippen MR) is 113 cm³/mol. The summed E-state index contributed by atoms with van der Waals surface area (Å²) in [6, 6.07) is 12.7. The Morgan fingerprint density at radius 3 is 2.68 bits per heavy atom. The number of amides is 2. The largest absolute Gasteiger partial charge is 0.343 e. The van der Waals surface area contributed by atoms with E-state index >= 15 is 0 Å². The van der Waals surface area contributed by atoms with Crippen LogP contribution < -0.4 is 10.6 Å². The van der Waals surface area contributed by atoms with Gasteiger partial charge in [-0.3, -0.25) is 9.59 Å². The van der Waals surface area contributed by atoms with Crippen LogP contribution >= 0.6 is 27.5 Å². The van der Waals surface area contributed by atoms with Crippen molar-refractivity contribution in [3.8, 4) is 5.69 Å². The van der Waals surface area contributed by atoms with Gasteiger partial charge < -0.3 is 10.6 Å². The Kier molecular flexibility index (Phi) is 6.16. The summed E-state index contributed by atoms with van der Waals surface area (Å²) < 4.78 is 2.56. The SMILES string of the molecule is Cc1cc(Br)ccc1NC(=O)CNC(=O)c1cnn(-c2cccc(Cl)c2)c1C. The minimum atomic E-state index is -0.367. The van der Waals surface area contributed by atoms with Gasteiger partial charge in [-0.2, -0.15) is 5.10 Å². The van der Waals surface area contributed by atoms with Gasteiger partial charge in [0, 0.05) is 15.2 Å². The van der Waals surface area contributed by atoms with Crippen LogP contribution in [0.3, 0.4) is 0 Å². The average Bonchev–Trinajstić information content (AvgIpc) is 3.03. The molecule has 3 aromatic rings. The van der Waals surface area contributed by atoms with E-state index in [1.807, 2.05) is 31.2 Å². The third-order valence-electron chi connectivity index (χ3n) is 4.18. The minimum Gasteiger partial charge on any atom is -0.343 e. The smallest absolute Gasteiger partial charge is 0.255 e. The Balaban J connectivity index is 1.64. The maximum Gasteiger partial charge on any atom is 0.255 e. The van der Waals surface area contributed by atoms with E-state index in [1.54, 1.807) is 29.8 Å². The molecule has 2 aromatic carbocycles. The van der Waals surface area contributed by atoms with Gasteiger partial charge >= 0.3 is 0 Å². The number of carbonyl (C=O) groups is 2. The number of halogens is 2. The Hall–Kier alpha value is -2.64. The summed E-state index contributed by atoms with van der Waals surface area (Å²) in [6.07, 6.45) is 1.47. The van der Waals surface area contributed by atoms with E-state index in [9.17, 15) is 9.59 Å². The molecule has 28 heavy (non-hydrogen) atoms. The maximum absolute atomic E-state index is 12.5. The third-order valence-corrected chi connectivity index (χ3v) is 4.91. The molecule has 8 heteroatoms. The number of carbonyl (C=O) groups excluding carboxylic acids is 2. The summed E-state index contributed by atoms with van der Waals surface area (Å²) in [6.45, 7) is 3.54. The predicted octanol–water partition coefficient (Wildman–Crippen LogP) is 4.27. The quantitative estimate of drug-likeness (QED) is 0.596. The lowest BCUT2D eigenvalue weighted by Crippen LogP contribution is -2.33. The lowest BCUT2D eigenvalue weighted by Gasteiger charge is -2.10. The molecule has 0 saturated heterocycles. The van der Waals surface area contributed by atoms with Crippen LogP contribution in [-0.4, -0.2) is 28.1 Å². The summed E-state index contributed by atoms with van der Waals surface area (Å²) in [4.78, 5) is 24.6. The van der Waals surface area contributed by atoms with Gasteiger partial charge in [0.05, 0.1) is 29.7 Å². The molecule has 0 aliphatic carbocycles. The molecule has 0 bridgehead atoms. The number of nitrogens with zero attached hydrogens (tertiary/aromatic N) is 2. The van der Waals surface area contributed by atoms with E-state index in [0.717, 1.165) is 15.7 Å². The van der Waals surface area contributed by atoms with Gasteiger partial charge in [0.1, 0.15) is 0 Å². The molecule has 2 amide bonds. The number of aryl methyl sites for hydroxylation is 1. The number of hydrogen-bond acceptors (Lipinski definition) is 3. The first kappa shape index (κ1) is 20.1. The number of benzene rings is 2. The van der Waals surface area contributed by atoms with Gasteiger partial charge in [-0.15, -0.1) is 0 Å². The van der Waals surface area contributed by atoms with E-state index in [-0.39, 0.29) is 18.4 Å². The molecule has 1 heterocycles. The standard InChI is InChI=1S/C20H18BrClN4O2/c1-12-8-14(21)6-7-18(12)25-19(27)11-23-20(28)17-10-24-26(13(17)2)16-5-3-4-15(22)9-16/h3-10H,11H2,1-2H3,(H,23,28)(H,25,27). The fourth-order valence-electron chi connectivity index (χ4n) is 2.72. The molecule has 0 aliphatic rings. The van der Waals surface area contributed by atoms with E-state index in [4.69, 9.17) is 11.6 Å². The van der Waals surface area contributed by atoms with Crippen LogP contribution in [0.25, 0.3) is 5.69 Å². The molecule has 0 saturated carbocycles. The van der Waals surface area contributed by atoms with Crippen LogP contribution in [0.5, 0.6) is 0 Å². The highest BCUT2D eigenvalue weighted by Gasteiger charge is 2.16. The van der Waals surface area contributed by atoms with Gasteiger partial charge in [0.2, 0.25) is 5.91 Å². The van der Waals surface area contributed by atoms with Crippen LogP contribution in [0.2, 0.25) is 5.02 Å². The first-order valence-corrected chi connectivity index (χ1v) is 9.67. The van der Waals surface area contributed by atoms with Gasteiger partial charge in [0.25, 0.3) is 5.91 Å². The number of hydrogen-bond donors (Lipinski definition) is 2. The highest BCUT2D eigenvalue weighted by Crippen LogP contribution is 2.20. The Morgan fingerprint density at radius 1 is 1.18 bits per heavy atom. The van der Waals surface area contributed by atoms with Crippen molar-refractivity contribution in [3.63, 3.8) is 0 Å². The fraction of sp³-hybridized carbons (Fsp3) is 0.150. The second kappa shape index (κ2) is 8.58. The lowest BCUT2D eigenvalue weighted by molar-refractivity contribution is -0.115. The Morgan fingerprint density at radius 2 is 1.96 bits per heavy atom. The molecule has 0 aliphatic heterocycles. The second-order valence-corrected chi connectivity index (χ2v) is 7.58. The van der Waals surface area contributed by atoms with Crippen molar-refractivity contribution in [1.82, 2.24) is 15.1 Å². The van der Waals surface area contributed by atoms with Crippen molar-refractivity contribution in [2.45, 2.75) is 13.8 Å². The highest BCUT2D eigenvalue weighted by atomic mass is 79.9. The van der Waals surface area contributed by atoms with Gasteiger partial charge in [-0.05, 0) is 55.8 Å². The molecule has 6 nitrogen and oxygen atoms in total. The highest BCUT2D eigenvalue weighted by molar-refractivity contribution is 9.10. The van der Waals surface area contributed by atoms with Crippen molar-refractivity contribution >= 4 is 45.0 Å². The first-order chi connectivity index (χ1) is 13.3. The van der Waals surface area contributed by atoms with Crippen molar-refractivity contribution in [3.05, 3.63) is 75.0 Å². The zero-order valence-electron chi connectivity index (χ0n) is 15.3. The summed E-state index contributed by atoms with van der Waals surface area (Å²) in [5, 5.41) is 10.3. The number of nitrogens with one attached hydrogen (secondary N) is 2. The zero-order chi connectivity index (χ0) is 20.3. The summed E-state index contributed by atoms with van der Waals surface area (Å²) >= 11 is 9.40. The normalized spacial score (nSPS) is 10.6. The molecule has 0 atom stereocenters. The molecular weight excluding hydrogens is 444 g/mol. The van der Waals surface area contributed by atoms with Crippen molar-refractivity contribution in [2.24, 2.45) is 0 Å². The van der Waals surface area contributed by atoms with E-state index in [1.165, 1.54) is 6.20 Å². The molecule has 0 unspecified atom stereocenters. The number of anilines is 1. The van der Waals surface area contributed by atoms with Gasteiger partial charge in [0.15, 0.2) is 0 Å². The molecular formula is C20H18BrClN4O2. The lowest BCUT2D eigenvalue weighted by atomic mass is 10.2. The fourth-order valence-corrected chi connectivity index (χ4v) is 3.38. The maximum atomic E-state index is 12.5. The molecule has 1 aromatic heterocycles. The number of rotatable bonds is 5. The molecule has 2 N–H and O–H groups in total. The molecule has 0 radical (unpaired) electrons. The van der Waals surface area contributed by atoms with Crippen LogP contribution in [-0.2, 0) is 4.79 Å². The molecule has 0 fully saturated rings. The van der Waals surface area contributed by atoms with Gasteiger partial charge in [-0.25, -0.2) is 4.68 Å². The van der Waals surface area contributed by atoms with E-state index in [0.29, 0.717) is 22.0 Å². The van der Waals surface area contributed by atoms with Crippen molar-refractivity contribution < 1.29 is 9.59 Å². The Labute approximate surface area is 176 Å². The topological polar surface area (TPSA) is 76.0 Å². The summed E-state index contributed by atoms with van der Waals surface area (Å²) in [7, 11) is 0. The van der Waals surface area contributed by atoms with Crippen LogP contribution in [0, 0.1) is 13.8 Å². The van der Waals surface area contributed by atoms with Crippen LogP contribution in [0.4, 0.5) is 5.69 Å². The molecule has 3 rings (SSSR count). The van der Waals surface area contributed by atoms with Crippen LogP contribution in [0.15, 0.2) is 53.1 Å². The summed E-state index contributed by atoms with van der Waals surface area (Å²) in [5.41, 5.74) is 3.43. The van der Waals surface area contributed by atoms with Crippen molar-refractivity contribution in [1.29, 1.82) is 0 Å².